The second-order valence-electron chi connectivity index (χ2n) is 13.0. The lowest BCUT2D eigenvalue weighted by Crippen LogP contribution is -2.51. The fourth-order valence-corrected chi connectivity index (χ4v) is 5.21. The molecule has 39 heavy (non-hydrogen) atoms. The summed E-state index contributed by atoms with van der Waals surface area (Å²) in [5.74, 6) is -0.452. The zero-order chi connectivity index (χ0) is 29.6. The van der Waals surface area contributed by atoms with E-state index in [4.69, 9.17) is 9.84 Å². The molecular weight excluding hydrogens is 492 g/mol. The van der Waals surface area contributed by atoms with Crippen LogP contribution in [0, 0.1) is 5.41 Å². The number of unbranched alkanes of at least 4 members (excludes halogenated alkanes) is 12. The highest BCUT2D eigenvalue weighted by Gasteiger charge is 2.36. The largest absolute Gasteiger partial charge is 0.396 e. The highest BCUT2D eigenvalue weighted by molar-refractivity contribution is 5.81. The minimum atomic E-state index is -1.22. The number of ether oxygens (including phenoxy) is 1. The Bertz CT molecular complexity index is 585. The van der Waals surface area contributed by atoms with Gasteiger partial charge in [-0.3, -0.25) is 4.79 Å². The Morgan fingerprint density at radius 3 is 1.82 bits per heavy atom. The Hall–Kier alpha value is -0.730. The van der Waals surface area contributed by atoms with Gasteiger partial charge in [-0.25, -0.2) is 0 Å². The van der Waals surface area contributed by atoms with E-state index < -0.39 is 23.5 Å². The van der Waals surface area contributed by atoms with Crippen LogP contribution in [-0.2, 0) is 9.53 Å². The first-order valence-electron chi connectivity index (χ1n) is 16.2. The zero-order valence-electron chi connectivity index (χ0n) is 26.7. The van der Waals surface area contributed by atoms with Crippen LogP contribution in [0.3, 0.4) is 0 Å². The van der Waals surface area contributed by atoms with E-state index >= 15 is 0 Å². The van der Waals surface area contributed by atoms with Gasteiger partial charge in [0.1, 0.15) is 18.8 Å². The molecule has 4 N–H and O–H groups in total. The van der Waals surface area contributed by atoms with Crippen molar-refractivity contribution in [2.75, 3.05) is 46.9 Å². The molecular formula is C32H67N2O5+. The first-order valence-corrected chi connectivity index (χ1v) is 16.2. The molecule has 3 atom stereocenters. The van der Waals surface area contributed by atoms with Crippen molar-refractivity contribution >= 4 is 5.91 Å². The summed E-state index contributed by atoms with van der Waals surface area (Å²) < 4.78 is 6.99. The van der Waals surface area contributed by atoms with Gasteiger partial charge in [-0.1, -0.05) is 111 Å². The number of rotatable bonds is 27. The minimum Gasteiger partial charge on any atom is -0.396 e. The van der Waals surface area contributed by atoms with Crippen molar-refractivity contribution in [2.45, 2.75) is 149 Å². The van der Waals surface area contributed by atoms with Crippen molar-refractivity contribution in [3.8, 4) is 0 Å². The molecule has 0 aromatic rings. The first kappa shape index (κ1) is 38.3. The maximum Gasteiger partial charge on any atom is 0.249 e. The van der Waals surface area contributed by atoms with Crippen LogP contribution < -0.4 is 5.32 Å². The van der Waals surface area contributed by atoms with Gasteiger partial charge in [-0.15, -0.1) is 0 Å². The molecule has 0 aromatic carbocycles. The van der Waals surface area contributed by atoms with E-state index in [1.165, 1.54) is 70.6 Å². The molecule has 0 fully saturated rings. The summed E-state index contributed by atoms with van der Waals surface area (Å²) >= 11 is 0. The van der Waals surface area contributed by atoms with E-state index in [0.717, 1.165) is 36.7 Å². The van der Waals surface area contributed by atoms with Crippen LogP contribution in [0.25, 0.3) is 0 Å². The van der Waals surface area contributed by atoms with Crippen molar-refractivity contribution in [1.82, 2.24) is 5.32 Å². The lowest BCUT2D eigenvalue weighted by Gasteiger charge is -2.36. The summed E-state index contributed by atoms with van der Waals surface area (Å²) in [6, 6.07) is 0. The number of aliphatic hydroxyl groups excluding tert-OH is 3. The predicted octanol–water partition coefficient (Wildman–Crippen LogP) is 5.59. The standard InChI is InChI=1S/C32H66N2O5/c1-7-9-10-11-12-13-14-15-16-17-18-19-20-22-29(28(36)26-34(5,6)24-8-2)39-27-32(3,4)30(37)31(38)33-23-21-25-35/h28-30,35-37H,7-27H2,1-6H3/p+1. The van der Waals surface area contributed by atoms with Gasteiger partial charge in [0.2, 0.25) is 5.91 Å². The number of carbonyl (C=O) groups is 1. The van der Waals surface area contributed by atoms with Crippen LogP contribution in [0.1, 0.15) is 130 Å². The Kier molecular flexibility index (Phi) is 22.5. The van der Waals surface area contributed by atoms with Gasteiger partial charge in [0.05, 0.1) is 33.4 Å². The van der Waals surface area contributed by atoms with Gasteiger partial charge in [0, 0.05) is 18.6 Å². The molecule has 0 aliphatic carbocycles. The van der Waals surface area contributed by atoms with Gasteiger partial charge >= 0.3 is 0 Å². The number of carbonyl (C=O) groups excluding carboxylic acids is 1. The number of aliphatic hydroxyl groups is 3. The maximum absolute atomic E-state index is 12.4. The molecule has 0 saturated heterocycles. The maximum atomic E-state index is 12.4. The fraction of sp³-hybridized carbons (Fsp3) is 0.969. The van der Waals surface area contributed by atoms with Crippen LogP contribution in [-0.4, -0.2) is 91.0 Å². The number of nitrogens with zero attached hydrogens (tertiary/aromatic N) is 1. The number of hydrogen-bond acceptors (Lipinski definition) is 5. The molecule has 0 radical (unpaired) electrons. The van der Waals surface area contributed by atoms with Crippen LogP contribution in [0.4, 0.5) is 0 Å². The Morgan fingerprint density at radius 2 is 1.33 bits per heavy atom. The Labute approximate surface area is 241 Å². The van der Waals surface area contributed by atoms with Crippen LogP contribution >= 0.6 is 0 Å². The summed E-state index contributed by atoms with van der Waals surface area (Å²) in [5.41, 5.74) is -0.801. The third-order valence-electron chi connectivity index (χ3n) is 7.82. The number of hydrogen-bond donors (Lipinski definition) is 4. The Balaban J connectivity index is 4.62. The molecule has 234 valence electrons. The molecule has 0 saturated carbocycles. The second-order valence-corrected chi connectivity index (χ2v) is 13.0. The van der Waals surface area contributed by atoms with Crippen LogP contribution in [0.2, 0.25) is 0 Å². The van der Waals surface area contributed by atoms with E-state index in [0.29, 0.717) is 19.5 Å². The summed E-state index contributed by atoms with van der Waals surface area (Å²) in [6.45, 7) is 10.2. The van der Waals surface area contributed by atoms with E-state index in [9.17, 15) is 15.0 Å². The molecule has 0 aromatic heterocycles. The van der Waals surface area contributed by atoms with Crippen molar-refractivity contribution < 1.29 is 29.3 Å². The minimum absolute atomic E-state index is 0.00543. The molecule has 7 heteroatoms. The SMILES string of the molecule is CCCCCCCCCCCCCCCC(OCC(C)(C)C(O)C(=O)NCCCO)C(O)C[N+](C)(C)CCC. The van der Waals surface area contributed by atoms with Gasteiger partial charge in [-0.05, 0) is 19.3 Å². The monoisotopic (exact) mass is 560 g/mol. The lowest BCUT2D eigenvalue weighted by atomic mass is 9.86. The third kappa shape index (κ3) is 19.9. The molecule has 1 amide bonds. The molecule has 7 nitrogen and oxygen atoms in total. The molecule has 0 spiro atoms. The highest BCUT2D eigenvalue weighted by Crippen LogP contribution is 2.25. The number of quaternary nitrogens is 1. The molecule has 0 heterocycles. The van der Waals surface area contributed by atoms with Crippen molar-refractivity contribution in [3.63, 3.8) is 0 Å². The third-order valence-corrected chi connectivity index (χ3v) is 7.82. The second kappa shape index (κ2) is 22.9. The van der Waals surface area contributed by atoms with Crippen molar-refractivity contribution in [1.29, 1.82) is 0 Å². The number of nitrogens with one attached hydrogen (secondary N) is 1. The fourth-order valence-electron chi connectivity index (χ4n) is 5.21. The summed E-state index contributed by atoms with van der Waals surface area (Å²) in [6.07, 6.45) is 17.0. The predicted molar refractivity (Wildman–Crippen MR) is 163 cm³/mol. The Morgan fingerprint density at radius 1 is 0.821 bits per heavy atom. The van der Waals surface area contributed by atoms with Gasteiger partial charge in [0.25, 0.3) is 0 Å². The summed E-state index contributed by atoms with van der Waals surface area (Å²) in [4.78, 5) is 12.4. The molecule has 0 rings (SSSR count). The number of likely N-dealkylation sites (N-methyl/N-ethyl adjacent to an activating group) is 1. The quantitative estimate of drug-likeness (QED) is 0.0777. The van der Waals surface area contributed by atoms with E-state index in [2.05, 4.69) is 33.3 Å². The highest BCUT2D eigenvalue weighted by atomic mass is 16.5. The molecule has 0 bridgehead atoms. The van der Waals surface area contributed by atoms with Crippen LogP contribution in [0.5, 0.6) is 0 Å². The molecule has 3 unspecified atom stereocenters. The molecule has 0 aliphatic heterocycles. The van der Waals surface area contributed by atoms with Crippen LogP contribution in [0.15, 0.2) is 0 Å². The zero-order valence-corrected chi connectivity index (χ0v) is 26.7. The van der Waals surface area contributed by atoms with Gasteiger partial charge in [-0.2, -0.15) is 0 Å². The lowest BCUT2D eigenvalue weighted by molar-refractivity contribution is -0.893. The number of amides is 1. The van der Waals surface area contributed by atoms with E-state index in [1.54, 1.807) is 0 Å². The van der Waals surface area contributed by atoms with E-state index in [-0.39, 0.29) is 19.3 Å². The average Bonchev–Trinajstić information content (AvgIpc) is 2.87. The summed E-state index contributed by atoms with van der Waals surface area (Å²) in [7, 11) is 4.28. The summed E-state index contributed by atoms with van der Waals surface area (Å²) in [5, 5.41) is 33.4. The van der Waals surface area contributed by atoms with Crippen molar-refractivity contribution in [3.05, 3.63) is 0 Å². The topological polar surface area (TPSA) is 99.0 Å². The van der Waals surface area contributed by atoms with Gasteiger partial charge in [0.15, 0.2) is 0 Å². The van der Waals surface area contributed by atoms with E-state index in [1.807, 2.05) is 13.8 Å². The smallest absolute Gasteiger partial charge is 0.249 e. The molecule has 0 aliphatic rings. The van der Waals surface area contributed by atoms with Gasteiger partial charge < -0.3 is 29.9 Å². The normalized spacial score (nSPS) is 14.8. The first-order chi connectivity index (χ1) is 18.5. The average molecular weight is 560 g/mol. The van der Waals surface area contributed by atoms with Crippen molar-refractivity contribution in [2.24, 2.45) is 5.41 Å².